The lowest BCUT2D eigenvalue weighted by Gasteiger charge is -2.04. The van der Waals surface area contributed by atoms with E-state index < -0.39 is 0 Å². The zero-order valence-corrected chi connectivity index (χ0v) is 9.71. The van der Waals surface area contributed by atoms with Crippen LogP contribution in [0.15, 0.2) is 36.5 Å². The fraction of sp³-hybridized carbons (Fsp3) is 0.333. The average molecular weight is 231 g/mol. The lowest BCUT2D eigenvalue weighted by Crippen LogP contribution is -2.19. The number of nitrogens with zero attached hydrogens (tertiary/aromatic N) is 3. The smallest absolute Gasteiger partial charge is 0.0962 e. The van der Waals surface area contributed by atoms with E-state index in [1.54, 1.807) is 4.68 Å². The molecule has 5 heteroatoms. The Bertz CT molecular complexity index is 437. The number of aromatic nitrogens is 3. The first-order valence-electron chi connectivity index (χ1n) is 5.72. The summed E-state index contributed by atoms with van der Waals surface area (Å²) < 4.78 is 1.81. The van der Waals surface area contributed by atoms with Crippen LogP contribution in [0.5, 0.6) is 0 Å². The highest BCUT2D eigenvalue weighted by Crippen LogP contribution is 1.97. The third-order valence-corrected chi connectivity index (χ3v) is 2.48. The zero-order valence-electron chi connectivity index (χ0n) is 9.71. The first kappa shape index (κ1) is 11.8. The molecule has 1 heterocycles. The Labute approximate surface area is 101 Å². The summed E-state index contributed by atoms with van der Waals surface area (Å²) in [7, 11) is 0. The van der Waals surface area contributed by atoms with Crippen molar-refractivity contribution in [1.29, 1.82) is 0 Å². The zero-order chi connectivity index (χ0) is 11.9. The minimum atomic E-state index is 0.442. The van der Waals surface area contributed by atoms with Gasteiger partial charge in [-0.3, -0.25) is 4.68 Å². The van der Waals surface area contributed by atoms with Gasteiger partial charge in [-0.25, -0.2) is 0 Å². The van der Waals surface area contributed by atoms with Gasteiger partial charge in [0.05, 0.1) is 12.2 Å². The lowest BCUT2D eigenvalue weighted by molar-refractivity contribution is 0.540. The van der Waals surface area contributed by atoms with Crippen molar-refractivity contribution < 1.29 is 0 Å². The molecule has 2 aromatic rings. The molecule has 5 nitrogen and oxygen atoms in total. The molecule has 0 unspecified atom stereocenters. The van der Waals surface area contributed by atoms with Crippen LogP contribution < -0.4 is 11.1 Å². The molecule has 17 heavy (non-hydrogen) atoms. The van der Waals surface area contributed by atoms with Crippen LogP contribution in [0.25, 0.3) is 0 Å². The van der Waals surface area contributed by atoms with Crippen LogP contribution in [0.4, 0.5) is 0 Å². The predicted molar refractivity (Wildman–Crippen MR) is 66.1 cm³/mol. The normalized spacial score (nSPS) is 10.6. The van der Waals surface area contributed by atoms with Gasteiger partial charge in [-0.05, 0) is 5.56 Å². The molecular weight excluding hydrogens is 214 g/mol. The molecule has 0 saturated carbocycles. The van der Waals surface area contributed by atoms with E-state index in [0.717, 1.165) is 25.3 Å². The number of nitrogens with one attached hydrogen (secondary N) is 1. The van der Waals surface area contributed by atoms with Gasteiger partial charge < -0.3 is 11.1 Å². The summed E-state index contributed by atoms with van der Waals surface area (Å²) in [5.74, 6) is 0. The Morgan fingerprint density at radius 3 is 2.76 bits per heavy atom. The van der Waals surface area contributed by atoms with Gasteiger partial charge in [0.25, 0.3) is 0 Å². The van der Waals surface area contributed by atoms with Gasteiger partial charge in [-0.2, -0.15) is 0 Å². The second-order valence-corrected chi connectivity index (χ2v) is 3.84. The molecule has 0 saturated heterocycles. The summed E-state index contributed by atoms with van der Waals surface area (Å²) in [6.07, 6.45) is 1.88. The maximum absolute atomic E-state index is 5.46. The molecule has 0 spiro atoms. The van der Waals surface area contributed by atoms with E-state index in [1.807, 2.05) is 24.4 Å². The summed E-state index contributed by atoms with van der Waals surface area (Å²) in [5, 5.41) is 11.3. The van der Waals surface area contributed by atoms with Gasteiger partial charge in [0.15, 0.2) is 0 Å². The molecule has 1 aromatic carbocycles. The number of benzene rings is 1. The molecule has 0 radical (unpaired) electrons. The first-order chi connectivity index (χ1) is 8.38. The Balaban J connectivity index is 1.69. The van der Waals surface area contributed by atoms with Crippen LogP contribution in [0, 0.1) is 0 Å². The topological polar surface area (TPSA) is 68.8 Å². The minimum Gasteiger partial charge on any atom is -0.325 e. The minimum absolute atomic E-state index is 0.442. The van der Waals surface area contributed by atoms with E-state index in [9.17, 15) is 0 Å². The molecule has 2 rings (SSSR count). The molecule has 0 amide bonds. The van der Waals surface area contributed by atoms with E-state index in [4.69, 9.17) is 5.73 Å². The van der Waals surface area contributed by atoms with Crippen molar-refractivity contribution in [3.05, 3.63) is 47.8 Å². The second kappa shape index (κ2) is 6.12. The van der Waals surface area contributed by atoms with Gasteiger partial charge in [-0.1, -0.05) is 35.5 Å². The highest BCUT2D eigenvalue weighted by molar-refractivity contribution is 5.14. The molecule has 0 bridgehead atoms. The summed E-state index contributed by atoms with van der Waals surface area (Å²) in [6, 6.07) is 10.3. The van der Waals surface area contributed by atoms with E-state index >= 15 is 0 Å². The van der Waals surface area contributed by atoms with Crippen molar-refractivity contribution in [2.75, 3.05) is 6.54 Å². The lowest BCUT2D eigenvalue weighted by atomic mass is 10.2. The van der Waals surface area contributed by atoms with Gasteiger partial charge >= 0.3 is 0 Å². The Kier molecular flexibility index (Phi) is 4.23. The Morgan fingerprint density at radius 2 is 2.06 bits per heavy atom. The number of hydrogen-bond donors (Lipinski definition) is 2. The molecule has 90 valence electrons. The maximum Gasteiger partial charge on any atom is 0.0962 e. The quantitative estimate of drug-likeness (QED) is 0.711. The van der Waals surface area contributed by atoms with Crippen LogP contribution in [0.1, 0.15) is 11.3 Å². The van der Waals surface area contributed by atoms with Crippen LogP contribution >= 0.6 is 0 Å². The predicted octanol–water partition coefficient (Wildman–Crippen LogP) is 0.527. The fourth-order valence-electron chi connectivity index (χ4n) is 1.56. The average Bonchev–Trinajstić information content (AvgIpc) is 2.84. The van der Waals surface area contributed by atoms with Gasteiger partial charge in [0, 0.05) is 25.8 Å². The highest BCUT2D eigenvalue weighted by Gasteiger charge is 1.97. The van der Waals surface area contributed by atoms with Crippen molar-refractivity contribution in [2.24, 2.45) is 5.73 Å². The van der Waals surface area contributed by atoms with Crippen molar-refractivity contribution in [3.63, 3.8) is 0 Å². The molecule has 0 aliphatic rings. The largest absolute Gasteiger partial charge is 0.325 e. The standard InChI is InChI=1S/C12H17N5/c13-8-12-10-17(16-15-12)7-6-14-9-11-4-2-1-3-5-11/h1-5,10,14H,6-9,13H2. The van der Waals surface area contributed by atoms with E-state index in [-0.39, 0.29) is 0 Å². The summed E-state index contributed by atoms with van der Waals surface area (Å²) in [5.41, 5.74) is 7.58. The summed E-state index contributed by atoms with van der Waals surface area (Å²) in [6.45, 7) is 2.98. The first-order valence-corrected chi connectivity index (χ1v) is 5.72. The molecular formula is C12H17N5. The Hall–Kier alpha value is -1.72. The van der Waals surface area contributed by atoms with E-state index in [2.05, 4.69) is 27.8 Å². The van der Waals surface area contributed by atoms with Crippen molar-refractivity contribution in [3.8, 4) is 0 Å². The summed E-state index contributed by atoms with van der Waals surface area (Å²) >= 11 is 0. The van der Waals surface area contributed by atoms with Crippen molar-refractivity contribution in [2.45, 2.75) is 19.6 Å². The summed E-state index contributed by atoms with van der Waals surface area (Å²) in [4.78, 5) is 0. The van der Waals surface area contributed by atoms with Gasteiger partial charge in [0.2, 0.25) is 0 Å². The number of hydrogen-bond acceptors (Lipinski definition) is 4. The van der Waals surface area contributed by atoms with E-state index in [1.165, 1.54) is 5.56 Å². The number of rotatable bonds is 6. The van der Waals surface area contributed by atoms with Crippen molar-refractivity contribution in [1.82, 2.24) is 20.3 Å². The van der Waals surface area contributed by atoms with Gasteiger partial charge in [0.1, 0.15) is 0 Å². The van der Waals surface area contributed by atoms with Crippen LogP contribution in [-0.2, 0) is 19.6 Å². The molecule has 1 aromatic heterocycles. The van der Waals surface area contributed by atoms with E-state index in [0.29, 0.717) is 6.54 Å². The molecule has 3 N–H and O–H groups in total. The van der Waals surface area contributed by atoms with Crippen LogP contribution in [0.3, 0.4) is 0 Å². The fourth-order valence-corrected chi connectivity index (χ4v) is 1.56. The highest BCUT2D eigenvalue weighted by atomic mass is 15.4. The maximum atomic E-state index is 5.46. The van der Waals surface area contributed by atoms with Crippen molar-refractivity contribution >= 4 is 0 Å². The Morgan fingerprint density at radius 1 is 1.24 bits per heavy atom. The SMILES string of the molecule is NCc1cn(CCNCc2ccccc2)nn1. The third kappa shape index (κ3) is 3.65. The van der Waals surface area contributed by atoms with Crippen LogP contribution in [-0.4, -0.2) is 21.5 Å². The van der Waals surface area contributed by atoms with Gasteiger partial charge in [-0.15, -0.1) is 5.10 Å². The molecule has 0 aliphatic heterocycles. The second-order valence-electron chi connectivity index (χ2n) is 3.84. The number of nitrogens with two attached hydrogens (primary N) is 1. The monoisotopic (exact) mass is 231 g/mol. The molecule has 0 atom stereocenters. The van der Waals surface area contributed by atoms with Crippen LogP contribution in [0.2, 0.25) is 0 Å². The molecule has 0 fully saturated rings. The third-order valence-electron chi connectivity index (χ3n) is 2.48. The molecule has 0 aliphatic carbocycles.